The summed E-state index contributed by atoms with van der Waals surface area (Å²) in [6, 6.07) is 12.1. The van der Waals surface area contributed by atoms with Crippen molar-refractivity contribution in [3.63, 3.8) is 0 Å². The van der Waals surface area contributed by atoms with Crippen molar-refractivity contribution >= 4 is 45.3 Å². The number of phenolic OH excluding ortho intramolecular Hbond substituents is 1. The van der Waals surface area contributed by atoms with Gasteiger partial charge in [-0.05, 0) is 80.3 Å². The normalized spacial score (nSPS) is 20.9. The molecule has 294 valence electrons. The van der Waals surface area contributed by atoms with Crippen molar-refractivity contribution in [2.75, 3.05) is 44.2 Å². The third-order valence-electron chi connectivity index (χ3n) is 11.8. The maximum Gasteiger partial charge on any atom is 0.329 e. The van der Waals surface area contributed by atoms with E-state index in [1.807, 2.05) is 22.9 Å². The highest BCUT2D eigenvalue weighted by molar-refractivity contribution is 6.00. The van der Waals surface area contributed by atoms with Gasteiger partial charge in [-0.15, -0.1) is 0 Å². The quantitative estimate of drug-likeness (QED) is 0.149. The van der Waals surface area contributed by atoms with Gasteiger partial charge in [0, 0.05) is 70.0 Å². The lowest BCUT2D eigenvalue weighted by molar-refractivity contribution is -0.135. The molecule has 0 radical (unpaired) electrons. The van der Waals surface area contributed by atoms with Gasteiger partial charge in [-0.2, -0.15) is 9.49 Å². The Morgan fingerprint density at radius 1 is 0.964 bits per heavy atom. The number of hydrogen-bond acceptors (Lipinski definition) is 8. The van der Waals surface area contributed by atoms with Gasteiger partial charge < -0.3 is 15.3 Å². The van der Waals surface area contributed by atoms with Gasteiger partial charge in [0.2, 0.25) is 17.6 Å². The van der Waals surface area contributed by atoms with Crippen molar-refractivity contribution in [3.8, 4) is 5.75 Å². The van der Waals surface area contributed by atoms with Gasteiger partial charge in [-0.1, -0.05) is 12.1 Å². The second kappa shape index (κ2) is 15.1. The number of hydrogen-bond donors (Lipinski definition) is 3. The van der Waals surface area contributed by atoms with Gasteiger partial charge in [0.15, 0.2) is 17.4 Å². The largest absolute Gasteiger partial charge is 0.503 e. The van der Waals surface area contributed by atoms with Crippen LogP contribution in [0.25, 0.3) is 21.9 Å². The Kier molecular flexibility index (Phi) is 10.1. The third-order valence-corrected chi connectivity index (χ3v) is 11.8. The molecule has 2 saturated heterocycles. The molecule has 1 saturated carbocycles. The van der Waals surface area contributed by atoms with Crippen molar-refractivity contribution in [2.45, 2.75) is 57.0 Å². The number of anilines is 1. The van der Waals surface area contributed by atoms with Crippen LogP contribution in [0.4, 0.5) is 18.9 Å². The number of nitrogens with zero attached hydrogens (tertiary/aromatic N) is 6. The Morgan fingerprint density at radius 2 is 1.73 bits per heavy atom. The maximum absolute atomic E-state index is 14.1. The summed E-state index contributed by atoms with van der Waals surface area (Å²) in [5, 5.41) is 20.2. The Morgan fingerprint density at radius 3 is 2.48 bits per heavy atom. The zero-order valence-corrected chi connectivity index (χ0v) is 30.9. The van der Waals surface area contributed by atoms with Gasteiger partial charge in [0.05, 0.1) is 28.2 Å². The average molecular weight is 773 g/mol. The van der Waals surface area contributed by atoms with Crippen LogP contribution in [-0.2, 0) is 23.1 Å². The van der Waals surface area contributed by atoms with E-state index in [1.54, 1.807) is 11.6 Å². The lowest BCUT2D eigenvalue weighted by Gasteiger charge is -2.36. The Labute approximate surface area is 319 Å². The van der Waals surface area contributed by atoms with Crippen molar-refractivity contribution in [3.05, 3.63) is 87.7 Å². The van der Waals surface area contributed by atoms with Crippen LogP contribution in [0.2, 0.25) is 0 Å². The Bertz CT molecular complexity index is 2410. The van der Waals surface area contributed by atoms with E-state index in [0.717, 1.165) is 92.5 Å². The number of para-hydroxylation sites is 1. The first-order valence-corrected chi connectivity index (χ1v) is 19.1. The zero-order valence-electron chi connectivity index (χ0n) is 30.9. The predicted octanol–water partition coefficient (Wildman–Crippen LogP) is 4.32. The summed E-state index contributed by atoms with van der Waals surface area (Å²) in [6.07, 6.45) is 6.55. The fourth-order valence-corrected chi connectivity index (χ4v) is 8.56. The molecule has 16 heteroatoms. The van der Waals surface area contributed by atoms with Crippen molar-refractivity contribution in [1.29, 1.82) is 0 Å². The number of rotatable bonds is 9. The first-order chi connectivity index (χ1) is 27.0. The molecule has 1 atom stereocenters. The number of benzene rings is 3. The summed E-state index contributed by atoms with van der Waals surface area (Å²) >= 11 is 0. The number of piperidine rings is 1. The molecule has 2 aromatic heterocycles. The zero-order chi connectivity index (χ0) is 39.2. The van der Waals surface area contributed by atoms with Crippen LogP contribution in [0.5, 0.6) is 5.75 Å². The molecule has 3 aromatic carbocycles. The van der Waals surface area contributed by atoms with Crippen LogP contribution in [-0.4, -0.2) is 85.9 Å². The van der Waals surface area contributed by atoms with Gasteiger partial charge >= 0.3 is 5.69 Å². The number of imidazole rings is 1. The molecule has 0 unspecified atom stereocenters. The van der Waals surface area contributed by atoms with Gasteiger partial charge in [-0.3, -0.25) is 38.4 Å². The maximum atomic E-state index is 14.1. The number of aromatic nitrogens is 4. The smallest absolute Gasteiger partial charge is 0.329 e. The summed E-state index contributed by atoms with van der Waals surface area (Å²) in [6.45, 7) is 4.51. The monoisotopic (exact) mass is 772 g/mol. The number of phenols is 1. The van der Waals surface area contributed by atoms with Gasteiger partial charge in [0.1, 0.15) is 6.04 Å². The Balaban J connectivity index is 0.839. The molecule has 3 amide bonds. The van der Waals surface area contributed by atoms with Crippen LogP contribution in [0.15, 0.2) is 53.5 Å². The average Bonchev–Trinajstić information content (AvgIpc) is 3.75. The molecule has 8 rings (SSSR count). The number of aromatic hydroxyl groups is 1. The summed E-state index contributed by atoms with van der Waals surface area (Å²) in [5.74, 6) is -7.78. The van der Waals surface area contributed by atoms with Gasteiger partial charge in [-0.25, -0.2) is 13.6 Å². The number of fused-ring (bicyclic) bond motifs is 2. The van der Waals surface area contributed by atoms with E-state index < -0.39 is 46.6 Å². The number of aryl methyl sites for hydroxylation is 1. The lowest BCUT2D eigenvalue weighted by Crippen LogP contribution is -2.47. The highest BCUT2D eigenvalue weighted by Gasteiger charge is 2.32. The minimum Gasteiger partial charge on any atom is -0.503 e. The number of imide groups is 1. The minimum absolute atomic E-state index is 0.120. The highest BCUT2D eigenvalue weighted by atomic mass is 19.2. The molecular formula is C40H43F3N8O5. The molecule has 0 bridgehead atoms. The standard InChI is InChI=1S/C40H43F3N8O5/c1-47-36-24(3-2-4-31(36)51(40(47)56)32-11-12-33(52)45-39(32)55)13-14-48-15-17-49(18-16-48)27-10-7-25-22-50(46-30(25)19-27)26-8-5-23(6-9-26)21-44-38(54)28-20-29(41)37(53)35(43)34(28)42/h2-4,7,10,19-20,22-23,26,32,53H,5-6,8-9,11-18,21H2,1H3,(H,44,54)(H,45,52,55)/t23?,26?,32-/m1/s1. The van der Waals surface area contributed by atoms with Crippen LogP contribution < -0.4 is 21.2 Å². The number of nitrogens with one attached hydrogen (secondary N) is 2. The minimum atomic E-state index is -1.78. The van der Waals surface area contributed by atoms with E-state index in [1.165, 1.54) is 4.57 Å². The molecule has 1 aliphatic carbocycles. The molecular weight excluding hydrogens is 729 g/mol. The number of halogens is 3. The first kappa shape index (κ1) is 37.3. The highest BCUT2D eigenvalue weighted by Crippen LogP contribution is 2.34. The molecule has 4 heterocycles. The molecule has 3 fully saturated rings. The van der Waals surface area contributed by atoms with E-state index in [4.69, 9.17) is 5.10 Å². The van der Waals surface area contributed by atoms with E-state index in [0.29, 0.717) is 18.0 Å². The number of carbonyl (C=O) groups excluding carboxylic acids is 3. The summed E-state index contributed by atoms with van der Waals surface area (Å²) in [4.78, 5) is 54.9. The fourth-order valence-electron chi connectivity index (χ4n) is 8.56. The van der Waals surface area contributed by atoms with Crippen LogP contribution in [0, 0.1) is 23.4 Å². The van der Waals surface area contributed by atoms with Crippen molar-refractivity contribution < 1.29 is 32.7 Å². The molecule has 0 spiro atoms. The van der Waals surface area contributed by atoms with Crippen LogP contribution in [0.1, 0.15) is 66.5 Å². The van der Waals surface area contributed by atoms with E-state index in [-0.39, 0.29) is 36.5 Å². The molecule has 2 aliphatic heterocycles. The Hall–Kier alpha value is -5.64. The third kappa shape index (κ3) is 7.01. The van der Waals surface area contributed by atoms with Gasteiger partial charge in [0.25, 0.3) is 5.91 Å². The number of amides is 3. The van der Waals surface area contributed by atoms with Crippen LogP contribution >= 0.6 is 0 Å². The first-order valence-electron chi connectivity index (χ1n) is 19.1. The SMILES string of the molecule is Cn1c(=O)n([C@@H]2CCC(=O)NC2=O)c2cccc(CCN3CCN(c4ccc5cn(C6CCC(CNC(=O)c7cc(F)c(O)c(F)c7F)CC6)nc5c4)CC3)c21. The molecule has 3 aliphatic rings. The molecule has 56 heavy (non-hydrogen) atoms. The summed E-state index contributed by atoms with van der Waals surface area (Å²) < 4.78 is 46.7. The van der Waals surface area contributed by atoms with E-state index in [9.17, 15) is 37.5 Å². The fraction of sp³-hybridized carbons (Fsp3) is 0.425. The molecule has 5 aromatic rings. The molecule has 3 N–H and O–H groups in total. The topological polar surface area (TPSA) is 147 Å². The second-order valence-electron chi connectivity index (χ2n) is 15.2. The van der Waals surface area contributed by atoms with Crippen molar-refractivity contribution in [1.82, 2.24) is 34.4 Å². The summed E-state index contributed by atoms with van der Waals surface area (Å²) in [7, 11) is 1.73. The lowest BCUT2D eigenvalue weighted by atomic mass is 9.86. The number of carbonyl (C=O) groups is 3. The molecule has 13 nitrogen and oxygen atoms in total. The van der Waals surface area contributed by atoms with E-state index >= 15 is 0 Å². The second-order valence-corrected chi connectivity index (χ2v) is 15.2. The predicted molar refractivity (Wildman–Crippen MR) is 202 cm³/mol. The number of piperazine rings is 1. The van der Waals surface area contributed by atoms with E-state index in [2.05, 4.69) is 44.8 Å². The summed E-state index contributed by atoms with van der Waals surface area (Å²) in [5.41, 5.74) is 3.53. The van der Waals surface area contributed by atoms with Crippen LogP contribution in [0.3, 0.4) is 0 Å². The van der Waals surface area contributed by atoms with Crippen molar-refractivity contribution in [2.24, 2.45) is 13.0 Å².